The van der Waals surface area contributed by atoms with Crippen molar-refractivity contribution in [3.8, 4) is 5.69 Å². The molecule has 94 valence electrons. The van der Waals surface area contributed by atoms with Crippen LogP contribution < -0.4 is 11.5 Å². The Morgan fingerprint density at radius 1 is 1.33 bits per heavy atom. The Kier molecular flexibility index (Phi) is 3.38. The predicted molar refractivity (Wildman–Crippen MR) is 67.1 cm³/mol. The van der Waals surface area contributed by atoms with Gasteiger partial charge in [-0.05, 0) is 30.7 Å². The van der Waals surface area contributed by atoms with Crippen LogP contribution in [0.2, 0.25) is 0 Å². The largest absolute Gasteiger partial charge is 0.366 e. The van der Waals surface area contributed by atoms with Crippen LogP contribution in [0.15, 0.2) is 24.3 Å². The first kappa shape index (κ1) is 12.3. The van der Waals surface area contributed by atoms with Gasteiger partial charge in [0.15, 0.2) is 0 Å². The Bertz CT molecular complexity index is 558. The second kappa shape index (κ2) is 4.97. The maximum Gasteiger partial charge on any atom is 0.248 e. The van der Waals surface area contributed by atoms with E-state index >= 15 is 0 Å². The number of nitrogens with two attached hydrogens (primary N) is 2. The minimum absolute atomic E-state index is 0.364. The van der Waals surface area contributed by atoms with Gasteiger partial charge in [0.2, 0.25) is 5.91 Å². The van der Waals surface area contributed by atoms with Crippen molar-refractivity contribution in [2.75, 3.05) is 0 Å². The van der Waals surface area contributed by atoms with E-state index in [1.807, 2.05) is 6.92 Å². The zero-order valence-electron chi connectivity index (χ0n) is 10.1. The Morgan fingerprint density at radius 2 is 2.00 bits per heavy atom. The van der Waals surface area contributed by atoms with Crippen molar-refractivity contribution >= 4 is 5.91 Å². The molecule has 0 fully saturated rings. The fourth-order valence-corrected chi connectivity index (χ4v) is 1.82. The van der Waals surface area contributed by atoms with E-state index in [0.29, 0.717) is 12.1 Å². The van der Waals surface area contributed by atoms with Gasteiger partial charge in [0, 0.05) is 12.1 Å². The van der Waals surface area contributed by atoms with E-state index in [1.54, 1.807) is 28.9 Å². The number of benzene rings is 1. The summed E-state index contributed by atoms with van der Waals surface area (Å²) in [4.78, 5) is 11.0. The van der Waals surface area contributed by atoms with Crippen LogP contribution in [0.5, 0.6) is 0 Å². The smallest absolute Gasteiger partial charge is 0.248 e. The molecular weight excluding hydrogens is 230 g/mol. The van der Waals surface area contributed by atoms with Gasteiger partial charge in [0.05, 0.1) is 17.1 Å². The minimum Gasteiger partial charge on any atom is -0.366 e. The summed E-state index contributed by atoms with van der Waals surface area (Å²) in [7, 11) is 0. The third-order valence-electron chi connectivity index (χ3n) is 2.77. The SMILES string of the molecule is CCc1c(CN)nnn1-c1ccc(C(N)=O)cc1. The molecule has 1 heterocycles. The molecule has 0 saturated carbocycles. The van der Waals surface area contributed by atoms with E-state index in [9.17, 15) is 4.79 Å². The summed E-state index contributed by atoms with van der Waals surface area (Å²) in [5.41, 5.74) is 13.9. The Hall–Kier alpha value is -2.21. The Morgan fingerprint density at radius 3 is 2.50 bits per heavy atom. The van der Waals surface area contributed by atoms with Crippen LogP contribution in [-0.2, 0) is 13.0 Å². The van der Waals surface area contributed by atoms with Gasteiger partial charge in [-0.2, -0.15) is 0 Å². The zero-order valence-corrected chi connectivity index (χ0v) is 10.1. The number of nitrogens with zero attached hydrogens (tertiary/aromatic N) is 3. The number of aromatic nitrogens is 3. The molecule has 1 aromatic heterocycles. The van der Waals surface area contributed by atoms with Crippen LogP contribution in [-0.4, -0.2) is 20.9 Å². The van der Waals surface area contributed by atoms with E-state index in [2.05, 4.69) is 10.3 Å². The zero-order chi connectivity index (χ0) is 13.1. The number of hydrogen-bond acceptors (Lipinski definition) is 4. The molecule has 2 rings (SSSR count). The standard InChI is InChI=1S/C12H15N5O/c1-2-11-10(7-13)15-16-17(11)9-5-3-8(4-6-9)12(14)18/h3-6H,2,7,13H2,1H3,(H2,14,18). The van der Waals surface area contributed by atoms with Gasteiger partial charge in [-0.1, -0.05) is 12.1 Å². The lowest BCUT2D eigenvalue weighted by atomic mass is 10.2. The molecule has 0 saturated heterocycles. The van der Waals surface area contributed by atoms with Crippen LogP contribution in [0.25, 0.3) is 5.69 Å². The number of rotatable bonds is 4. The average molecular weight is 245 g/mol. The molecule has 1 amide bonds. The van der Waals surface area contributed by atoms with Crippen molar-refractivity contribution < 1.29 is 4.79 Å². The van der Waals surface area contributed by atoms with Gasteiger partial charge in [-0.25, -0.2) is 4.68 Å². The maximum absolute atomic E-state index is 11.0. The van der Waals surface area contributed by atoms with E-state index in [-0.39, 0.29) is 0 Å². The highest BCUT2D eigenvalue weighted by molar-refractivity contribution is 5.92. The van der Waals surface area contributed by atoms with Gasteiger partial charge < -0.3 is 11.5 Å². The molecule has 6 nitrogen and oxygen atoms in total. The van der Waals surface area contributed by atoms with E-state index in [4.69, 9.17) is 11.5 Å². The average Bonchev–Trinajstić information content (AvgIpc) is 2.81. The summed E-state index contributed by atoms with van der Waals surface area (Å²) in [5.74, 6) is -0.446. The fraction of sp³-hybridized carbons (Fsp3) is 0.250. The molecule has 0 atom stereocenters. The topological polar surface area (TPSA) is 99.8 Å². The Balaban J connectivity index is 2.42. The van der Waals surface area contributed by atoms with Crippen LogP contribution in [0.1, 0.15) is 28.7 Å². The maximum atomic E-state index is 11.0. The molecule has 18 heavy (non-hydrogen) atoms. The van der Waals surface area contributed by atoms with Crippen molar-refractivity contribution in [3.63, 3.8) is 0 Å². The highest BCUT2D eigenvalue weighted by Gasteiger charge is 2.11. The highest BCUT2D eigenvalue weighted by atomic mass is 16.1. The molecule has 6 heteroatoms. The lowest BCUT2D eigenvalue weighted by molar-refractivity contribution is 0.100. The minimum atomic E-state index is -0.446. The van der Waals surface area contributed by atoms with Crippen LogP contribution in [0.3, 0.4) is 0 Å². The second-order valence-electron chi connectivity index (χ2n) is 3.86. The molecule has 0 aliphatic carbocycles. The lowest BCUT2D eigenvalue weighted by Gasteiger charge is -2.06. The first-order valence-electron chi connectivity index (χ1n) is 5.71. The molecule has 0 aliphatic rings. The summed E-state index contributed by atoms with van der Waals surface area (Å²) in [6, 6.07) is 6.91. The lowest BCUT2D eigenvalue weighted by Crippen LogP contribution is -2.11. The number of hydrogen-bond donors (Lipinski definition) is 2. The molecule has 2 aromatic rings. The highest BCUT2D eigenvalue weighted by Crippen LogP contribution is 2.14. The number of carbonyl (C=O) groups excluding carboxylic acids is 1. The molecule has 0 unspecified atom stereocenters. The van der Waals surface area contributed by atoms with E-state index < -0.39 is 5.91 Å². The predicted octanol–water partition coefficient (Wildman–Crippen LogP) is 0.387. The summed E-state index contributed by atoms with van der Waals surface area (Å²) in [6.45, 7) is 2.38. The quantitative estimate of drug-likeness (QED) is 0.813. The first-order chi connectivity index (χ1) is 8.67. The molecule has 0 bridgehead atoms. The summed E-state index contributed by atoms with van der Waals surface area (Å²) in [5, 5.41) is 8.11. The van der Waals surface area contributed by atoms with Gasteiger partial charge in [0.25, 0.3) is 0 Å². The number of primary amides is 1. The van der Waals surface area contributed by atoms with Gasteiger partial charge in [-0.3, -0.25) is 4.79 Å². The van der Waals surface area contributed by atoms with Crippen LogP contribution in [0.4, 0.5) is 0 Å². The van der Waals surface area contributed by atoms with E-state index in [1.165, 1.54) is 0 Å². The van der Waals surface area contributed by atoms with Crippen LogP contribution >= 0.6 is 0 Å². The first-order valence-corrected chi connectivity index (χ1v) is 5.71. The molecule has 4 N–H and O–H groups in total. The van der Waals surface area contributed by atoms with Crippen molar-refractivity contribution in [1.29, 1.82) is 0 Å². The molecular formula is C12H15N5O. The Labute approximate surface area is 105 Å². The van der Waals surface area contributed by atoms with Crippen molar-refractivity contribution in [3.05, 3.63) is 41.2 Å². The molecule has 0 radical (unpaired) electrons. The summed E-state index contributed by atoms with van der Waals surface area (Å²) >= 11 is 0. The third kappa shape index (κ3) is 2.10. The number of carbonyl (C=O) groups is 1. The van der Waals surface area contributed by atoms with E-state index in [0.717, 1.165) is 23.5 Å². The van der Waals surface area contributed by atoms with Crippen LogP contribution in [0, 0.1) is 0 Å². The normalized spacial score (nSPS) is 10.6. The van der Waals surface area contributed by atoms with Gasteiger partial charge in [0.1, 0.15) is 0 Å². The fourth-order valence-electron chi connectivity index (χ4n) is 1.82. The molecule has 1 aromatic carbocycles. The van der Waals surface area contributed by atoms with Gasteiger partial charge in [-0.15, -0.1) is 5.10 Å². The van der Waals surface area contributed by atoms with Crippen molar-refractivity contribution in [1.82, 2.24) is 15.0 Å². The second-order valence-corrected chi connectivity index (χ2v) is 3.86. The van der Waals surface area contributed by atoms with Crippen molar-refractivity contribution in [2.45, 2.75) is 19.9 Å². The summed E-state index contributed by atoms with van der Waals surface area (Å²) in [6.07, 6.45) is 0.789. The molecule has 0 spiro atoms. The van der Waals surface area contributed by atoms with Crippen molar-refractivity contribution in [2.24, 2.45) is 11.5 Å². The molecule has 0 aliphatic heterocycles. The third-order valence-corrected chi connectivity index (χ3v) is 2.77. The monoisotopic (exact) mass is 245 g/mol. The van der Waals surface area contributed by atoms with Gasteiger partial charge >= 0.3 is 0 Å². The summed E-state index contributed by atoms with van der Waals surface area (Å²) < 4.78 is 1.73. The number of amides is 1.